The van der Waals surface area contributed by atoms with Crippen LogP contribution in [-0.4, -0.2) is 43.8 Å². The Balaban J connectivity index is 2.07. The molecule has 0 radical (unpaired) electrons. The average Bonchev–Trinajstić information content (AvgIpc) is 2.88. The molecule has 1 atom stereocenters. The number of amides is 2. The molecule has 208 valence electrons. The van der Waals surface area contributed by atoms with Crippen molar-refractivity contribution in [1.82, 2.24) is 10.2 Å². The minimum atomic E-state index is -4.09. The first kappa shape index (κ1) is 29.9. The zero-order valence-corrected chi connectivity index (χ0v) is 24.5. The van der Waals surface area contributed by atoms with E-state index in [1.165, 1.54) is 4.90 Å². The molecular weight excluding hydrogens is 510 g/mol. The summed E-state index contributed by atoms with van der Waals surface area (Å²) in [5.74, 6) is -0.725. The van der Waals surface area contributed by atoms with Gasteiger partial charge in [0.15, 0.2) is 0 Å². The lowest BCUT2D eigenvalue weighted by Crippen LogP contribution is -2.53. The Bertz CT molecular complexity index is 1380. The first-order chi connectivity index (χ1) is 18.4. The molecule has 0 aliphatic heterocycles. The molecule has 8 heteroatoms. The van der Waals surface area contributed by atoms with E-state index < -0.39 is 28.5 Å². The van der Waals surface area contributed by atoms with E-state index >= 15 is 0 Å². The Morgan fingerprint density at radius 1 is 0.846 bits per heavy atom. The molecule has 3 rings (SSSR count). The molecule has 3 aromatic rings. The second-order valence-electron chi connectivity index (χ2n) is 10.2. The van der Waals surface area contributed by atoms with E-state index in [0.717, 1.165) is 26.6 Å². The number of benzene rings is 3. The maximum absolute atomic E-state index is 14.1. The largest absolute Gasteiger partial charge is 0.352 e. The molecule has 7 nitrogen and oxygen atoms in total. The first-order valence-electron chi connectivity index (χ1n) is 13.2. The van der Waals surface area contributed by atoms with Crippen molar-refractivity contribution in [3.05, 3.63) is 95.1 Å². The van der Waals surface area contributed by atoms with Gasteiger partial charge < -0.3 is 10.2 Å². The fraction of sp³-hybridized carbons (Fsp3) is 0.355. The maximum atomic E-state index is 14.1. The predicted molar refractivity (Wildman–Crippen MR) is 156 cm³/mol. The van der Waals surface area contributed by atoms with Gasteiger partial charge >= 0.3 is 0 Å². The fourth-order valence-electron chi connectivity index (χ4n) is 4.38. The summed E-state index contributed by atoms with van der Waals surface area (Å²) in [4.78, 5) is 28.9. The quantitative estimate of drug-likeness (QED) is 0.359. The van der Waals surface area contributed by atoms with Crippen molar-refractivity contribution < 1.29 is 18.0 Å². The third-order valence-electron chi connectivity index (χ3n) is 6.56. The Hall–Kier alpha value is -3.65. The third-order valence-corrected chi connectivity index (χ3v) is 8.34. The number of anilines is 1. The van der Waals surface area contributed by atoms with Crippen molar-refractivity contribution in [3.8, 4) is 0 Å². The van der Waals surface area contributed by atoms with Gasteiger partial charge in [-0.3, -0.25) is 13.9 Å². The van der Waals surface area contributed by atoms with Crippen molar-refractivity contribution in [2.45, 2.75) is 71.5 Å². The number of nitrogens with zero attached hydrogens (tertiary/aromatic N) is 2. The van der Waals surface area contributed by atoms with Crippen LogP contribution in [0, 0.1) is 20.8 Å². The van der Waals surface area contributed by atoms with Gasteiger partial charge in [-0.05, 0) is 70.4 Å². The van der Waals surface area contributed by atoms with E-state index in [0.29, 0.717) is 12.1 Å². The van der Waals surface area contributed by atoms with Gasteiger partial charge in [-0.1, -0.05) is 72.6 Å². The van der Waals surface area contributed by atoms with E-state index in [9.17, 15) is 18.0 Å². The first-order valence-corrected chi connectivity index (χ1v) is 14.7. The molecule has 0 spiro atoms. The van der Waals surface area contributed by atoms with Crippen LogP contribution in [-0.2, 0) is 26.2 Å². The zero-order valence-electron chi connectivity index (χ0n) is 23.6. The van der Waals surface area contributed by atoms with Crippen molar-refractivity contribution in [2.24, 2.45) is 0 Å². The minimum Gasteiger partial charge on any atom is -0.352 e. The normalized spacial score (nSPS) is 12.2. The van der Waals surface area contributed by atoms with Crippen LogP contribution in [0.1, 0.15) is 49.4 Å². The Morgan fingerprint density at radius 2 is 1.41 bits per heavy atom. The summed E-state index contributed by atoms with van der Waals surface area (Å²) in [5, 5.41) is 2.91. The number of rotatable bonds is 11. The second-order valence-corrected chi connectivity index (χ2v) is 12.1. The van der Waals surface area contributed by atoms with E-state index in [1.54, 1.807) is 36.4 Å². The van der Waals surface area contributed by atoms with Crippen LogP contribution in [0.2, 0.25) is 0 Å². The molecule has 0 saturated heterocycles. The smallest absolute Gasteiger partial charge is 0.264 e. The fourth-order valence-corrected chi connectivity index (χ4v) is 5.86. The summed E-state index contributed by atoms with van der Waals surface area (Å²) in [5.41, 5.74) is 4.00. The monoisotopic (exact) mass is 549 g/mol. The van der Waals surface area contributed by atoms with Crippen molar-refractivity contribution in [2.75, 3.05) is 10.8 Å². The highest BCUT2D eigenvalue weighted by Gasteiger charge is 2.34. The van der Waals surface area contributed by atoms with Crippen LogP contribution in [0.15, 0.2) is 77.7 Å². The minimum absolute atomic E-state index is 0.0961. The van der Waals surface area contributed by atoms with Crippen LogP contribution in [0.4, 0.5) is 5.69 Å². The highest BCUT2D eigenvalue weighted by molar-refractivity contribution is 7.92. The van der Waals surface area contributed by atoms with Crippen LogP contribution >= 0.6 is 0 Å². The molecule has 0 heterocycles. The topological polar surface area (TPSA) is 86.8 Å². The van der Waals surface area contributed by atoms with Gasteiger partial charge in [0.2, 0.25) is 11.8 Å². The number of carbonyl (C=O) groups excluding carboxylic acids is 2. The molecule has 0 fully saturated rings. The van der Waals surface area contributed by atoms with Gasteiger partial charge in [-0.2, -0.15) is 0 Å². The van der Waals surface area contributed by atoms with E-state index in [4.69, 9.17) is 0 Å². The Kier molecular flexibility index (Phi) is 9.92. The molecule has 1 N–H and O–H groups in total. The summed E-state index contributed by atoms with van der Waals surface area (Å²) in [6.07, 6.45) is 0.380. The number of nitrogens with one attached hydrogen (secondary N) is 1. The molecule has 39 heavy (non-hydrogen) atoms. The molecule has 0 unspecified atom stereocenters. The van der Waals surface area contributed by atoms with Gasteiger partial charge in [-0.25, -0.2) is 8.42 Å². The van der Waals surface area contributed by atoms with E-state index in [-0.39, 0.29) is 23.4 Å². The highest BCUT2D eigenvalue weighted by atomic mass is 32.2. The number of hydrogen-bond acceptors (Lipinski definition) is 4. The lowest BCUT2D eigenvalue weighted by Gasteiger charge is -2.34. The predicted octanol–water partition coefficient (Wildman–Crippen LogP) is 5.14. The summed E-state index contributed by atoms with van der Waals surface area (Å²) in [7, 11) is -4.09. The number of sulfonamides is 1. The molecule has 0 bridgehead atoms. The molecule has 0 aromatic heterocycles. The van der Waals surface area contributed by atoms with Gasteiger partial charge in [0, 0.05) is 12.6 Å². The van der Waals surface area contributed by atoms with Crippen molar-refractivity contribution >= 4 is 27.5 Å². The molecular formula is C31H39N3O4S. The molecule has 0 aliphatic rings. The van der Waals surface area contributed by atoms with Gasteiger partial charge in [0.1, 0.15) is 12.6 Å². The number of carbonyl (C=O) groups is 2. The molecule has 3 aromatic carbocycles. The highest BCUT2D eigenvalue weighted by Crippen LogP contribution is 2.27. The summed E-state index contributed by atoms with van der Waals surface area (Å²) >= 11 is 0. The molecule has 2 amide bonds. The number of hydrogen-bond donors (Lipinski definition) is 1. The van der Waals surface area contributed by atoms with Gasteiger partial charge in [0.25, 0.3) is 10.0 Å². The average molecular weight is 550 g/mol. The second kappa shape index (κ2) is 12.9. The zero-order chi connectivity index (χ0) is 28.7. The van der Waals surface area contributed by atoms with Crippen LogP contribution < -0.4 is 9.62 Å². The number of aryl methyl sites for hydroxylation is 3. The maximum Gasteiger partial charge on any atom is 0.264 e. The summed E-state index contributed by atoms with van der Waals surface area (Å²) in [6, 6.07) is 20.5. The summed E-state index contributed by atoms with van der Waals surface area (Å²) in [6.45, 7) is 11.0. The molecule has 0 saturated carbocycles. The SMILES string of the molecule is CC[C@@H](C(=O)NC(C)C)N(Cc1ccc(C)cc1)C(=O)CN(c1ccccc1C)S(=O)(=O)c1ccc(C)cc1. The van der Waals surface area contributed by atoms with E-state index in [1.807, 2.05) is 77.9 Å². The standard InChI is InChI=1S/C31H39N3O4S/c1-7-28(31(36)32-22(2)3)33(20-26-16-12-23(4)13-17-26)30(35)21-34(29-11-9-8-10-25(29)6)39(37,38)27-18-14-24(5)15-19-27/h8-19,22,28H,7,20-21H2,1-6H3,(H,32,36)/t28-/m0/s1. The van der Waals surface area contributed by atoms with Crippen molar-refractivity contribution in [1.29, 1.82) is 0 Å². The lowest BCUT2D eigenvalue weighted by atomic mass is 10.1. The van der Waals surface area contributed by atoms with Crippen LogP contribution in [0.5, 0.6) is 0 Å². The van der Waals surface area contributed by atoms with Gasteiger partial charge in [-0.15, -0.1) is 0 Å². The Morgan fingerprint density at radius 3 is 1.95 bits per heavy atom. The number of para-hydroxylation sites is 1. The lowest BCUT2D eigenvalue weighted by molar-refractivity contribution is -0.140. The van der Waals surface area contributed by atoms with E-state index in [2.05, 4.69) is 5.32 Å². The van der Waals surface area contributed by atoms with Crippen LogP contribution in [0.3, 0.4) is 0 Å². The van der Waals surface area contributed by atoms with Crippen molar-refractivity contribution in [3.63, 3.8) is 0 Å². The summed E-state index contributed by atoms with van der Waals surface area (Å²) < 4.78 is 29.0. The van der Waals surface area contributed by atoms with Crippen LogP contribution in [0.25, 0.3) is 0 Å². The Labute approximate surface area is 232 Å². The molecule has 0 aliphatic carbocycles. The van der Waals surface area contributed by atoms with Gasteiger partial charge in [0.05, 0.1) is 10.6 Å². The third kappa shape index (κ3) is 7.47.